The number of hydrogen-bond donors (Lipinski definition) is 1. The van der Waals surface area contributed by atoms with E-state index in [0.29, 0.717) is 0 Å². The van der Waals surface area contributed by atoms with Gasteiger partial charge in [0, 0.05) is 44.0 Å². The van der Waals surface area contributed by atoms with Crippen LogP contribution >= 0.6 is 11.5 Å². The summed E-state index contributed by atoms with van der Waals surface area (Å²) in [6.45, 7) is 4.33. The van der Waals surface area contributed by atoms with E-state index in [-0.39, 0.29) is 0 Å². The number of anilines is 1. The van der Waals surface area contributed by atoms with E-state index in [2.05, 4.69) is 35.2 Å². The van der Waals surface area contributed by atoms with Gasteiger partial charge in [-0.15, -0.1) is 5.10 Å². The largest absolute Gasteiger partial charge is 0.354 e. The second-order valence-corrected chi connectivity index (χ2v) is 7.27. The lowest BCUT2D eigenvalue weighted by molar-refractivity contribution is 0.207. The Morgan fingerprint density at radius 1 is 1.22 bits per heavy atom. The summed E-state index contributed by atoms with van der Waals surface area (Å²) in [4.78, 5) is 11.1. The number of hydrogen-bond acceptors (Lipinski definition) is 7. The monoisotopic (exact) mass is 330 g/mol. The zero-order chi connectivity index (χ0) is 15.5. The van der Waals surface area contributed by atoms with E-state index in [1.165, 1.54) is 43.9 Å². The predicted octanol–water partition coefficient (Wildman–Crippen LogP) is 2.29. The van der Waals surface area contributed by atoms with E-state index in [1.807, 2.05) is 6.07 Å². The first-order valence-electron chi connectivity index (χ1n) is 8.37. The Labute approximate surface area is 140 Å². The minimum Gasteiger partial charge on any atom is -0.354 e. The molecule has 122 valence electrons. The van der Waals surface area contributed by atoms with E-state index >= 15 is 0 Å². The molecule has 3 atom stereocenters. The molecule has 0 aromatic carbocycles. The highest BCUT2D eigenvalue weighted by molar-refractivity contribution is 7.03. The first-order chi connectivity index (χ1) is 11.4. The van der Waals surface area contributed by atoms with Crippen LogP contribution in [0.5, 0.6) is 0 Å². The summed E-state index contributed by atoms with van der Waals surface area (Å²) in [5.74, 6) is 3.08. The highest BCUT2D eigenvalue weighted by atomic mass is 32.1. The van der Waals surface area contributed by atoms with Crippen molar-refractivity contribution in [2.24, 2.45) is 17.8 Å². The smallest absolute Gasteiger partial charge is 0.222 e. The fourth-order valence-electron chi connectivity index (χ4n) is 4.16. The molecule has 2 aliphatic rings. The SMILES string of the molecule is c1cnc(NC[C@H]2CCC[C@H]3CN(Cc4csnn4)C[C@@H]23)nc1. The zero-order valence-electron chi connectivity index (χ0n) is 13.1. The number of nitrogens with one attached hydrogen (secondary N) is 1. The van der Waals surface area contributed by atoms with Crippen molar-refractivity contribution in [3.05, 3.63) is 29.5 Å². The summed E-state index contributed by atoms with van der Waals surface area (Å²) in [5, 5.41) is 9.68. The average molecular weight is 330 g/mol. The maximum atomic E-state index is 4.27. The summed E-state index contributed by atoms with van der Waals surface area (Å²) in [6.07, 6.45) is 7.60. The lowest BCUT2D eigenvalue weighted by atomic mass is 9.74. The number of rotatable bonds is 5. The van der Waals surface area contributed by atoms with E-state index in [1.54, 1.807) is 12.4 Å². The van der Waals surface area contributed by atoms with Gasteiger partial charge in [-0.05, 0) is 48.2 Å². The van der Waals surface area contributed by atoms with Crippen molar-refractivity contribution in [2.45, 2.75) is 25.8 Å². The van der Waals surface area contributed by atoms with Gasteiger partial charge in [0.05, 0.1) is 5.69 Å². The van der Waals surface area contributed by atoms with Gasteiger partial charge in [-0.3, -0.25) is 4.90 Å². The van der Waals surface area contributed by atoms with Gasteiger partial charge in [0.2, 0.25) is 5.95 Å². The van der Waals surface area contributed by atoms with Crippen LogP contribution in [0.2, 0.25) is 0 Å². The Hall–Kier alpha value is -1.60. The molecule has 1 aliphatic carbocycles. The normalized spacial score (nSPS) is 27.7. The van der Waals surface area contributed by atoms with E-state index in [4.69, 9.17) is 0 Å². The summed E-state index contributed by atoms with van der Waals surface area (Å²) in [6, 6.07) is 1.85. The summed E-state index contributed by atoms with van der Waals surface area (Å²) in [7, 11) is 0. The summed E-state index contributed by atoms with van der Waals surface area (Å²) < 4.78 is 3.97. The third-order valence-electron chi connectivity index (χ3n) is 5.20. The minimum absolute atomic E-state index is 0.719. The molecule has 1 saturated carbocycles. The van der Waals surface area contributed by atoms with Crippen LogP contribution in [0.1, 0.15) is 25.0 Å². The maximum Gasteiger partial charge on any atom is 0.222 e. The first kappa shape index (κ1) is 15.0. The highest BCUT2D eigenvalue weighted by Crippen LogP contribution is 2.40. The first-order valence-corrected chi connectivity index (χ1v) is 9.21. The fourth-order valence-corrected chi connectivity index (χ4v) is 4.60. The quantitative estimate of drug-likeness (QED) is 0.907. The van der Waals surface area contributed by atoms with Crippen molar-refractivity contribution in [3.8, 4) is 0 Å². The van der Waals surface area contributed by atoms with Crippen molar-refractivity contribution in [1.29, 1.82) is 0 Å². The predicted molar refractivity (Wildman–Crippen MR) is 90.0 cm³/mol. The van der Waals surface area contributed by atoms with Crippen LogP contribution in [0.3, 0.4) is 0 Å². The van der Waals surface area contributed by atoms with Crippen molar-refractivity contribution in [3.63, 3.8) is 0 Å². The zero-order valence-corrected chi connectivity index (χ0v) is 14.0. The Bertz CT molecular complexity index is 604. The second-order valence-electron chi connectivity index (χ2n) is 6.66. The lowest BCUT2D eigenvalue weighted by Gasteiger charge is -2.33. The molecular formula is C16H22N6S. The molecule has 0 radical (unpaired) electrons. The Balaban J connectivity index is 1.35. The van der Waals surface area contributed by atoms with Gasteiger partial charge in [0.15, 0.2) is 0 Å². The van der Waals surface area contributed by atoms with Gasteiger partial charge in [-0.2, -0.15) is 0 Å². The van der Waals surface area contributed by atoms with Crippen LogP contribution in [-0.4, -0.2) is 44.1 Å². The maximum absolute atomic E-state index is 4.27. The van der Waals surface area contributed by atoms with Gasteiger partial charge >= 0.3 is 0 Å². The van der Waals surface area contributed by atoms with Crippen LogP contribution in [0.25, 0.3) is 0 Å². The molecule has 1 saturated heterocycles. The number of aromatic nitrogens is 4. The third-order valence-corrected chi connectivity index (χ3v) is 5.75. The molecule has 0 spiro atoms. The highest BCUT2D eigenvalue weighted by Gasteiger charge is 2.40. The van der Waals surface area contributed by atoms with Crippen molar-refractivity contribution >= 4 is 17.5 Å². The van der Waals surface area contributed by atoms with Crippen molar-refractivity contribution in [2.75, 3.05) is 25.0 Å². The molecule has 6 nitrogen and oxygen atoms in total. The molecule has 0 amide bonds. The number of likely N-dealkylation sites (tertiary alicyclic amines) is 1. The molecule has 3 heterocycles. The molecule has 0 unspecified atom stereocenters. The van der Waals surface area contributed by atoms with Gasteiger partial charge in [0.25, 0.3) is 0 Å². The molecule has 1 N–H and O–H groups in total. The van der Waals surface area contributed by atoms with E-state index in [9.17, 15) is 0 Å². The average Bonchev–Trinajstić information content (AvgIpc) is 3.23. The molecule has 2 aromatic heterocycles. The second kappa shape index (κ2) is 6.88. The van der Waals surface area contributed by atoms with Gasteiger partial charge in [-0.1, -0.05) is 10.9 Å². The standard InChI is InChI=1S/C16H22N6S/c1-3-12(7-19-16-17-5-2-6-18-16)15-10-22(8-13(15)4-1)9-14-11-23-21-20-14/h2,5-6,11-13,15H,1,3-4,7-10H2,(H,17,18,19)/t12-,13+,15+/m1/s1. The lowest BCUT2D eigenvalue weighted by Crippen LogP contribution is -2.32. The minimum atomic E-state index is 0.719. The molecule has 2 aromatic rings. The number of nitrogens with zero attached hydrogens (tertiary/aromatic N) is 5. The van der Waals surface area contributed by atoms with Crippen LogP contribution < -0.4 is 5.32 Å². The van der Waals surface area contributed by atoms with Gasteiger partial charge in [0.1, 0.15) is 0 Å². The van der Waals surface area contributed by atoms with Crippen LogP contribution in [-0.2, 0) is 6.54 Å². The topological polar surface area (TPSA) is 66.8 Å². The summed E-state index contributed by atoms with van der Waals surface area (Å²) in [5.41, 5.74) is 1.11. The molecule has 7 heteroatoms. The van der Waals surface area contributed by atoms with Crippen molar-refractivity contribution in [1.82, 2.24) is 24.5 Å². The van der Waals surface area contributed by atoms with Crippen molar-refractivity contribution < 1.29 is 0 Å². The molecule has 2 fully saturated rings. The molecule has 23 heavy (non-hydrogen) atoms. The Kier molecular flexibility index (Phi) is 4.48. The van der Waals surface area contributed by atoms with Crippen LogP contribution in [0, 0.1) is 17.8 Å². The fraction of sp³-hybridized carbons (Fsp3) is 0.625. The van der Waals surface area contributed by atoms with E-state index in [0.717, 1.165) is 42.5 Å². The van der Waals surface area contributed by atoms with Gasteiger partial charge in [-0.25, -0.2) is 9.97 Å². The van der Waals surface area contributed by atoms with E-state index < -0.39 is 0 Å². The summed E-state index contributed by atoms with van der Waals surface area (Å²) >= 11 is 1.44. The Morgan fingerprint density at radius 2 is 2.13 bits per heavy atom. The molecule has 1 aliphatic heterocycles. The van der Waals surface area contributed by atoms with Crippen LogP contribution in [0.4, 0.5) is 5.95 Å². The number of fused-ring (bicyclic) bond motifs is 1. The molecule has 0 bridgehead atoms. The Morgan fingerprint density at radius 3 is 2.96 bits per heavy atom. The molecule has 4 rings (SSSR count). The molecular weight excluding hydrogens is 308 g/mol. The third kappa shape index (κ3) is 3.50. The van der Waals surface area contributed by atoms with Gasteiger partial charge < -0.3 is 5.32 Å². The van der Waals surface area contributed by atoms with Crippen LogP contribution in [0.15, 0.2) is 23.8 Å².